The average Bonchev–Trinajstić information content (AvgIpc) is 3.20. The van der Waals surface area contributed by atoms with Gasteiger partial charge in [-0.25, -0.2) is 0 Å². The third-order valence-corrected chi connectivity index (χ3v) is 9.18. The maximum Gasteiger partial charge on any atom is 0.245 e. The molecule has 1 saturated heterocycles. The fourth-order valence-electron chi connectivity index (χ4n) is 5.89. The van der Waals surface area contributed by atoms with Gasteiger partial charge in [-0.05, 0) is 42.0 Å². The van der Waals surface area contributed by atoms with Gasteiger partial charge >= 0.3 is 0 Å². The van der Waals surface area contributed by atoms with E-state index in [2.05, 4.69) is 26.6 Å². The van der Waals surface area contributed by atoms with E-state index in [9.17, 15) is 59.4 Å². The molecule has 1 fully saturated rings. The first-order chi connectivity index (χ1) is 27.9. The van der Waals surface area contributed by atoms with Crippen LogP contribution in [0.1, 0.15) is 31.4 Å². The summed E-state index contributed by atoms with van der Waals surface area (Å²) in [5, 5.41) is 71.2. The van der Waals surface area contributed by atoms with Gasteiger partial charge in [-0.1, -0.05) is 56.3 Å². The van der Waals surface area contributed by atoms with Crippen molar-refractivity contribution in [1.82, 2.24) is 26.6 Å². The second kappa shape index (κ2) is 23.4. The van der Waals surface area contributed by atoms with Gasteiger partial charge in [0.15, 0.2) is 6.29 Å². The molecule has 0 saturated carbocycles. The lowest BCUT2D eigenvalue weighted by molar-refractivity contribution is -0.301. The van der Waals surface area contributed by atoms with Crippen LogP contribution in [-0.4, -0.2) is 153 Å². The smallest absolute Gasteiger partial charge is 0.245 e. The summed E-state index contributed by atoms with van der Waals surface area (Å²) >= 11 is 0. The van der Waals surface area contributed by atoms with Gasteiger partial charge < -0.3 is 78.2 Å². The third kappa shape index (κ3) is 15.1. The van der Waals surface area contributed by atoms with Crippen molar-refractivity contribution in [3.63, 3.8) is 0 Å². The summed E-state index contributed by atoms with van der Waals surface area (Å²) in [6.45, 7) is 0.586. The minimum absolute atomic E-state index is 0.0243. The Morgan fingerprint density at radius 1 is 0.729 bits per heavy atom. The number of carbonyl (C=O) groups excluding carboxylic acids is 6. The van der Waals surface area contributed by atoms with Gasteiger partial charge in [0, 0.05) is 6.42 Å². The largest absolute Gasteiger partial charge is 0.508 e. The van der Waals surface area contributed by atoms with Crippen molar-refractivity contribution in [3.05, 3.63) is 65.7 Å². The summed E-state index contributed by atoms with van der Waals surface area (Å²) in [5.74, 6) is -5.46. The van der Waals surface area contributed by atoms with Gasteiger partial charge in [-0.2, -0.15) is 0 Å². The van der Waals surface area contributed by atoms with Crippen LogP contribution in [0.2, 0.25) is 0 Å². The standard InChI is InChI=1S/C38H55N7O14/c1-19(2)12-24(36(56)45-27(33(40)53)18-58-38-32(52)31(51)30(50)28(17-47)59-38)43-37(57)25(14-20-6-4-3-5-7-20)42-29(49)15-41-35(55)26(16-46)44-34(54)23(39)13-21-8-10-22(48)11-9-21/h3-11,19,23-28,30-32,38,46-48,50-52H,12-18,39H2,1-2H3,(H2,40,53)(H,41,55)(H,42,49)(H,43,57)(H,44,54)(H,45,56)/t23-,24-,25-,26-,27-,28+,30-,31+,32+,38+/m0/s1. The fourth-order valence-corrected chi connectivity index (χ4v) is 5.89. The minimum atomic E-state index is -1.79. The number of aromatic hydroxyl groups is 1. The number of phenols is 1. The van der Waals surface area contributed by atoms with Crippen LogP contribution in [0, 0.1) is 5.92 Å². The second-order valence-corrected chi connectivity index (χ2v) is 14.4. The van der Waals surface area contributed by atoms with E-state index in [1.54, 1.807) is 56.3 Å². The lowest BCUT2D eigenvalue weighted by Crippen LogP contribution is -2.61. The second-order valence-electron chi connectivity index (χ2n) is 14.4. The van der Waals surface area contributed by atoms with E-state index >= 15 is 0 Å². The predicted molar refractivity (Wildman–Crippen MR) is 206 cm³/mol. The first kappa shape index (κ1) is 48.1. The Bertz CT molecular complexity index is 1700. The van der Waals surface area contributed by atoms with Gasteiger partial charge in [-0.15, -0.1) is 0 Å². The summed E-state index contributed by atoms with van der Waals surface area (Å²) < 4.78 is 10.7. The molecular weight excluding hydrogens is 778 g/mol. The van der Waals surface area contributed by atoms with Gasteiger partial charge in [0.25, 0.3) is 0 Å². The molecule has 21 nitrogen and oxygen atoms in total. The highest BCUT2D eigenvalue weighted by molar-refractivity contribution is 5.95. The summed E-state index contributed by atoms with van der Waals surface area (Å²) in [6.07, 6.45) is -8.11. The molecule has 0 bridgehead atoms. The predicted octanol–water partition coefficient (Wildman–Crippen LogP) is -5.10. The van der Waals surface area contributed by atoms with Crippen LogP contribution in [0.25, 0.3) is 0 Å². The number of hydrogen-bond acceptors (Lipinski definition) is 15. The summed E-state index contributed by atoms with van der Waals surface area (Å²) in [4.78, 5) is 78.3. The Labute approximate surface area is 339 Å². The molecule has 0 aliphatic carbocycles. The van der Waals surface area contributed by atoms with E-state index in [0.29, 0.717) is 11.1 Å². The zero-order valence-electron chi connectivity index (χ0n) is 32.6. The highest BCUT2D eigenvalue weighted by Crippen LogP contribution is 2.22. The van der Waals surface area contributed by atoms with E-state index in [1.165, 1.54) is 12.1 Å². The molecule has 3 rings (SSSR count). The number of phenolic OH excluding ortho intramolecular Hbond substituents is 1. The van der Waals surface area contributed by atoms with Gasteiger partial charge in [0.05, 0.1) is 32.4 Å². The van der Waals surface area contributed by atoms with Crippen molar-refractivity contribution >= 4 is 35.4 Å². The van der Waals surface area contributed by atoms with E-state index in [4.69, 9.17) is 20.9 Å². The Kier molecular flexibility index (Phi) is 19.1. The molecule has 2 aromatic carbocycles. The van der Waals surface area contributed by atoms with Crippen molar-refractivity contribution in [2.75, 3.05) is 26.4 Å². The maximum absolute atomic E-state index is 13.8. The number of benzene rings is 2. The molecule has 1 aliphatic heterocycles. The molecule has 21 heteroatoms. The molecule has 2 aromatic rings. The number of aliphatic hydroxyl groups is 5. The molecule has 59 heavy (non-hydrogen) atoms. The number of aliphatic hydroxyl groups excluding tert-OH is 5. The Morgan fingerprint density at radius 2 is 1.32 bits per heavy atom. The monoisotopic (exact) mass is 833 g/mol. The number of carbonyl (C=O) groups is 6. The zero-order chi connectivity index (χ0) is 43.8. The third-order valence-electron chi connectivity index (χ3n) is 9.18. The van der Waals surface area contributed by atoms with Crippen molar-refractivity contribution in [2.45, 2.75) is 94.0 Å². The molecule has 0 spiro atoms. The minimum Gasteiger partial charge on any atom is -0.508 e. The first-order valence-corrected chi connectivity index (χ1v) is 18.8. The summed E-state index contributed by atoms with van der Waals surface area (Å²) in [7, 11) is 0. The van der Waals surface area contributed by atoms with Crippen LogP contribution in [0.3, 0.4) is 0 Å². The number of primary amides is 1. The van der Waals surface area contributed by atoms with Crippen molar-refractivity contribution < 1.29 is 68.9 Å². The topological polar surface area (TPSA) is 354 Å². The maximum atomic E-state index is 13.8. The molecule has 10 atom stereocenters. The number of nitrogens with one attached hydrogen (secondary N) is 5. The lowest BCUT2D eigenvalue weighted by Gasteiger charge is -2.39. The molecular formula is C38H55N7O14. The summed E-state index contributed by atoms with van der Waals surface area (Å²) in [5.41, 5.74) is 12.7. The number of hydrogen-bond donors (Lipinski definition) is 13. The quantitative estimate of drug-likeness (QED) is 0.0528. The van der Waals surface area contributed by atoms with Crippen molar-refractivity contribution in [1.29, 1.82) is 0 Å². The van der Waals surface area contributed by atoms with Crippen LogP contribution in [-0.2, 0) is 51.1 Å². The first-order valence-electron chi connectivity index (χ1n) is 18.8. The molecule has 326 valence electrons. The van der Waals surface area contributed by atoms with Gasteiger partial charge in [-0.3, -0.25) is 28.8 Å². The molecule has 15 N–H and O–H groups in total. The molecule has 0 aromatic heterocycles. The number of ether oxygens (including phenoxy) is 2. The van der Waals surface area contributed by atoms with E-state index in [1.807, 2.05) is 0 Å². The number of amides is 6. The van der Waals surface area contributed by atoms with Crippen LogP contribution >= 0.6 is 0 Å². The van der Waals surface area contributed by atoms with Crippen LogP contribution in [0.5, 0.6) is 5.75 Å². The molecule has 0 radical (unpaired) electrons. The van der Waals surface area contributed by atoms with E-state index < -0.39 is 123 Å². The Hall–Kier alpha value is -5.26. The van der Waals surface area contributed by atoms with Crippen LogP contribution in [0.15, 0.2) is 54.6 Å². The molecule has 0 unspecified atom stereocenters. The van der Waals surface area contributed by atoms with Crippen LogP contribution < -0.4 is 38.1 Å². The molecule has 6 amide bonds. The molecule has 1 aliphatic rings. The fraction of sp³-hybridized carbons (Fsp3) is 0.526. The average molecular weight is 834 g/mol. The van der Waals surface area contributed by atoms with Crippen molar-refractivity contribution in [2.24, 2.45) is 17.4 Å². The summed E-state index contributed by atoms with van der Waals surface area (Å²) in [6, 6.07) is 7.77. The lowest BCUT2D eigenvalue weighted by atomic mass is 9.99. The van der Waals surface area contributed by atoms with Crippen LogP contribution in [0.4, 0.5) is 0 Å². The Balaban J connectivity index is 1.66. The number of rotatable bonds is 22. The van der Waals surface area contributed by atoms with Gasteiger partial charge in [0.1, 0.15) is 54.3 Å². The normalized spacial score (nSPS) is 21.5. The van der Waals surface area contributed by atoms with E-state index in [-0.39, 0.29) is 30.9 Å². The van der Waals surface area contributed by atoms with Crippen molar-refractivity contribution in [3.8, 4) is 5.75 Å². The highest BCUT2D eigenvalue weighted by Gasteiger charge is 2.44. The number of nitrogens with two attached hydrogens (primary N) is 2. The highest BCUT2D eigenvalue weighted by atomic mass is 16.7. The molecule has 1 heterocycles. The van der Waals surface area contributed by atoms with Gasteiger partial charge in [0.2, 0.25) is 35.4 Å². The SMILES string of the molecule is CC(C)C[C@H](NC(=O)[C@H](Cc1ccccc1)NC(=O)CNC(=O)[C@H](CO)NC(=O)[C@@H](N)Cc1ccc(O)cc1)C(=O)N[C@@H](CO[C@@H]1O[C@H](CO)[C@H](O)[C@@H](O)[C@H]1O)C(N)=O. The Morgan fingerprint density at radius 3 is 1.92 bits per heavy atom. The zero-order valence-corrected chi connectivity index (χ0v) is 32.6. The van der Waals surface area contributed by atoms with E-state index in [0.717, 1.165) is 0 Å².